The molecule has 0 aromatic carbocycles. The third-order valence-electron chi connectivity index (χ3n) is 3.86. The lowest BCUT2D eigenvalue weighted by Crippen LogP contribution is -2.43. The molecule has 1 N–H and O–H groups in total. The van der Waals surface area contributed by atoms with E-state index in [1.54, 1.807) is 0 Å². The molecule has 0 saturated carbocycles. The molecule has 0 spiro atoms. The molecule has 1 aliphatic rings. The molecule has 0 radical (unpaired) electrons. The number of nitrogens with zero attached hydrogens (tertiary/aromatic N) is 2. The maximum atomic E-state index is 4.39. The molecule has 3 heteroatoms. The summed E-state index contributed by atoms with van der Waals surface area (Å²) < 4.78 is 0. The van der Waals surface area contributed by atoms with Crippen molar-refractivity contribution in [2.24, 2.45) is 0 Å². The van der Waals surface area contributed by atoms with Crippen molar-refractivity contribution in [3.63, 3.8) is 0 Å². The van der Waals surface area contributed by atoms with Gasteiger partial charge in [-0.05, 0) is 51.9 Å². The van der Waals surface area contributed by atoms with Crippen molar-refractivity contribution in [1.82, 2.24) is 15.2 Å². The number of rotatable bonds is 5. The summed E-state index contributed by atoms with van der Waals surface area (Å²) in [7, 11) is 0. The van der Waals surface area contributed by atoms with Crippen LogP contribution in [-0.4, -0.2) is 35.6 Å². The van der Waals surface area contributed by atoms with Crippen molar-refractivity contribution in [2.75, 3.05) is 19.6 Å². The van der Waals surface area contributed by atoms with Crippen molar-refractivity contribution in [1.29, 1.82) is 0 Å². The van der Waals surface area contributed by atoms with E-state index in [1.165, 1.54) is 32.4 Å². The first-order chi connectivity index (χ1) is 8.77. The molecule has 1 aliphatic heterocycles. The molecule has 2 rings (SSSR count). The van der Waals surface area contributed by atoms with Gasteiger partial charge in [0, 0.05) is 24.8 Å². The van der Waals surface area contributed by atoms with Gasteiger partial charge in [0.15, 0.2) is 0 Å². The Balaban J connectivity index is 1.76. The van der Waals surface area contributed by atoms with Crippen molar-refractivity contribution in [3.8, 4) is 0 Å². The van der Waals surface area contributed by atoms with E-state index in [0.29, 0.717) is 12.1 Å². The van der Waals surface area contributed by atoms with Crippen molar-refractivity contribution in [3.05, 3.63) is 30.1 Å². The fraction of sp³-hybridized carbons (Fsp3) is 0.667. The van der Waals surface area contributed by atoms with E-state index in [-0.39, 0.29) is 0 Å². The Morgan fingerprint density at radius 3 is 2.67 bits per heavy atom. The van der Waals surface area contributed by atoms with E-state index < -0.39 is 0 Å². The van der Waals surface area contributed by atoms with Gasteiger partial charge in [-0.15, -0.1) is 0 Å². The maximum Gasteiger partial charge on any atom is 0.0570 e. The summed E-state index contributed by atoms with van der Waals surface area (Å²) in [4.78, 5) is 6.99. The highest BCUT2D eigenvalue weighted by Crippen LogP contribution is 2.13. The first-order valence-electron chi connectivity index (χ1n) is 7.15. The second-order valence-corrected chi connectivity index (χ2v) is 5.33. The standard InChI is InChI=1S/C15H25N3/c1-13(18-10-6-3-7-11-18)12-17-14(2)15-8-4-5-9-16-15/h4-5,8-9,13-14,17H,3,6-7,10-12H2,1-2H3. The van der Waals surface area contributed by atoms with E-state index in [4.69, 9.17) is 0 Å². The van der Waals surface area contributed by atoms with E-state index in [9.17, 15) is 0 Å². The Kier molecular flexibility index (Phi) is 5.14. The van der Waals surface area contributed by atoms with Crippen LogP contribution in [0.4, 0.5) is 0 Å². The monoisotopic (exact) mass is 247 g/mol. The summed E-state index contributed by atoms with van der Waals surface area (Å²) in [5.74, 6) is 0. The van der Waals surface area contributed by atoms with Crippen LogP contribution in [0.5, 0.6) is 0 Å². The summed E-state index contributed by atoms with van der Waals surface area (Å²) in [6.07, 6.45) is 5.99. The van der Waals surface area contributed by atoms with Crippen LogP contribution in [0.2, 0.25) is 0 Å². The van der Waals surface area contributed by atoms with Crippen LogP contribution in [0.15, 0.2) is 24.4 Å². The number of hydrogen-bond donors (Lipinski definition) is 1. The van der Waals surface area contributed by atoms with E-state index in [1.807, 2.05) is 12.3 Å². The summed E-state index contributed by atoms with van der Waals surface area (Å²) in [5.41, 5.74) is 1.13. The fourth-order valence-corrected chi connectivity index (χ4v) is 2.57. The third-order valence-corrected chi connectivity index (χ3v) is 3.86. The van der Waals surface area contributed by atoms with E-state index in [0.717, 1.165) is 12.2 Å². The smallest absolute Gasteiger partial charge is 0.0570 e. The summed E-state index contributed by atoms with van der Waals surface area (Å²) in [5, 5.41) is 3.59. The molecular weight excluding hydrogens is 222 g/mol. The fourth-order valence-electron chi connectivity index (χ4n) is 2.57. The predicted octanol–water partition coefficient (Wildman–Crippen LogP) is 2.61. The molecule has 0 bridgehead atoms. The molecule has 18 heavy (non-hydrogen) atoms. The molecule has 100 valence electrons. The van der Waals surface area contributed by atoms with Gasteiger partial charge in [-0.1, -0.05) is 12.5 Å². The largest absolute Gasteiger partial charge is 0.307 e. The van der Waals surface area contributed by atoms with Crippen molar-refractivity contribution >= 4 is 0 Å². The number of aromatic nitrogens is 1. The van der Waals surface area contributed by atoms with Gasteiger partial charge in [0.25, 0.3) is 0 Å². The zero-order valence-corrected chi connectivity index (χ0v) is 11.6. The first-order valence-corrected chi connectivity index (χ1v) is 7.15. The van der Waals surface area contributed by atoms with Crippen LogP contribution in [0.25, 0.3) is 0 Å². The normalized spacial score (nSPS) is 20.6. The molecule has 3 nitrogen and oxygen atoms in total. The first kappa shape index (κ1) is 13.5. The zero-order valence-electron chi connectivity index (χ0n) is 11.6. The average Bonchev–Trinajstić information content (AvgIpc) is 2.46. The van der Waals surface area contributed by atoms with Crippen LogP contribution in [-0.2, 0) is 0 Å². The van der Waals surface area contributed by atoms with E-state index >= 15 is 0 Å². The van der Waals surface area contributed by atoms with Crippen molar-refractivity contribution in [2.45, 2.75) is 45.2 Å². The zero-order chi connectivity index (χ0) is 12.8. The Morgan fingerprint density at radius 1 is 1.22 bits per heavy atom. The number of likely N-dealkylation sites (tertiary alicyclic amines) is 1. The Labute approximate surface area is 111 Å². The minimum absolute atomic E-state index is 0.332. The highest BCUT2D eigenvalue weighted by atomic mass is 15.2. The number of hydrogen-bond acceptors (Lipinski definition) is 3. The molecule has 0 aliphatic carbocycles. The number of piperidine rings is 1. The van der Waals surface area contributed by atoms with Gasteiger partial charge in [-0.3, -0.25) is 9.88 Å². The van der Waals surface area contributed by atoms with Crippen LogP contribution < -0.4 is 5.32 Å². The second kappa shape index (κ2) is 6.86. The Morgan fingerprint density at radius 2 is 2.00 bits per heavy atom. The van der Waals surface area contributed by atoms with Crippen LogP contribution in [0, 0.1) is 0 Å². The molecular formula is C15H25N3. The minimum Gasteiger partial charge on any atom is -0.307 e. The third kappa shape index (κ3) is 3.79. The van der Waals surface area contributed by atoms with E-state index in [2.05, 4.69) is 41.2 Å². The topological polar surface area (TPSA) is 28.2 Å². The van der Waals surface area contributed by atoms with Gasteiger partial charge < -0.3 is 5.32 Å². The molecule has 0 amide bonds. The number of nitrogens with one attached hydrogen (secondary N) is 1. The van der Waals surface area contributed by atoms with Crippen LogP contribution >= 0.6 is 0 Å². The Hall–Kier alpha value is -0.930. The Bertz CT molecular complexity index is 333. The van der Waals surface area contributed by atoms with Gasteiger partial charge >= 0.3 is 0 Å². The quantitative estimate of drug-likeness (QED) is 0.867. The molecule has 1 saturated heterocycles. The van der Waals surface area contributed by atoms with Crippen LogP contribution in [0.1, 0.15) is 44.8 Å². The summed E-state index contributed by atoms with van der Waals surface area (Å²) in [6, 6.07) is 7.06. The SMILES string of the molecule is CC(NCC(C)N1CCCCC1)c1ccccn1. The molecule has 1 aromatic rings. The van der Waals surface area contributed by atoms with Gasteiger partial charge in [0.1, 0.15) is 0 Å². The lowest BCUT2D eigenvalue weighted by Gasteiger charge is -2.33. The summed E-state index contributed by atoms with van der Waals surface area (Å²) >= 11 is 0. The lowest BCUT2D eigenvalue weighted by atomic mass is 10.1. The minimum atomic E-state index is 0.332. The average molecular weight is 247 g/mol. The van der Waals surface area contributed by atoms with Crippen LogP contribution in [0.3, 0.4) is 0 Å². The molecule has 1 fully saturated rings. The second-order valence-electron chi connectivity index (χ2n) is 5.33. The van der Waals surface area contributed by atoms with Gasteiger partial charge in [0.05, 0.1) is 5.69 Å². The van der Waals surface area contributed by atoms with Gasteiger partial charge in [-0.25, -0.2) is 0 Å². The summed E-state index contributed by atoms with van der Waals surface area (Å²) in [6.45, 7) is 8.08. The van der Waals surface area contributed by atoms with Gasteiger partial charge in [0.2, 0.25) is 0 Å². The number of pyridine rings is 1. The van der Waals surface area contributed by atoms with Gasteiger partial charge in [-0.2, -0.15) is 0 Å². The lowest BCUT2D eigenvalue weighted by molar-refractivity contribution is 0.168. The molecule has 1 aromatic heterocycles. The maximum absolute atomic E-state index is 4.39. The highest BCUT2D eigenvalue weighted by Gasteiger charge is 2.17. The highest BCUT2D eigenvalue weighted by molar-refractivity contribution is 5.07. The molecule has 2 unspecified atom stereocenters. The molecule has 2 heterocycles. The van der Waals surface area contributed by atoms with Crippen molar-refractivity contribution < 1.29 is 0 Å². The molecule has 2 atom stereocenters. The predicted molar refractivity (Wildman–Crippen MR) is 75.5 cm³/mol.